The Morgan fingerprint density at radius 1 is 0.889 bits per heavy atom. The molecule has 1 saturated carbocycles. The van der Waals surface area contributed by atoms with Gasteiger partial charge in [0.2, 0.25) is 0 Å². The Bertz CT molecular complexity index is 725. The van der Waals surface area contributed by atoms with E-state index < -0.39 is 0 Å². The fraction of sp³-hybridized carbons (Fsp3) is 0.538. The third-order valence-corrected chi connectivity index (χ3v) is 5.87. The van der Waals surface area contributed by atoms with Gasteiger partial charge in [-0.1, -0.05) is 93.1 Å². The number of unbranched alkanes of at least 4 members (excludes halogenated alkanes) is 4. The monoisotopic (exact) mass is 364 g/mol. The minimum absolute atomic E-state index is 0.693. The number of benzene rings is 2. The highest BCUT2D eigenvalue weighted by Crippen LogP contribution is 2.43. The van der Waals surface area contributed by atoms with Crippen LogP contribution in [0.2, 0.25) is 0 Å². The van der Waals surface area contributed by atoms with Crippen molar-refractivity contribution in [1.29, 1.82) is 0 Å². The van der Waals surface area contributed by atoms with E-state index in [2.05, 4.69) is 56.3 Å². The lowest BCUT2D eigenvalue weighted by molar-refractivity contribution is 0.114. The number of rotatable bonds is 12. The highest BCUT2D eigenvalue weighted by molar-refractivity contribution is 5.85. The van der Waals surface area contributed by atoms with E-state index in [4.69, 9.17) is 4.74 Å². The van der Waals surface area contributed by atoms with Crippen molar-refractivity contribution in [2.75, 3.05) is 6.61 Å². The van der Waals surface area contributed by atoms with Crippen LogP contribution in [0, 0.1) is 5.92 Å². The molecule has 1 fully saturated rings. The molecule has 0 saturated heterocycles. The molecule has 0 heterocycles. The lowest BCUT2D eigenvalue weighted by Crippen LogP contribution is -1.98. The van der Waals surface area contributed by atoms with E-state index in [1.807, 2.05) is 0 Å². The summed E-state index contributed by atoms with van der Waals surface area (Å²) in [7, 11) is 0. The first-order valence-electron chi connectivity index (χ1n) is 11.1. The number of hydrogen-bond acceptors (Lipinski definition) is 1. The van der Waals surface area contributed by atoms with Crippen LogP contribution in [-0.4, -0.2) is 6.61 Å². The molecule has 3 rings (SSSR count). The number of fused-ring (bicyclic) bond motifs is 1. The van der Waals surface area contributed by atoms with E-state index in [0.717, 1.165) is 13.2 Å². The van der Waals surface area contributed by atoms with Crippen LogP contribution in [-0.2, 0) is 11.3 Å². The number of allylic oxidation sites excluding steroid dienone is 1. The molecule has 1 nitrogen and oxygen atoms in total. The standard InChI is InChI=1S/C26H36O/c1-3-5-7-12-22(13-8-6-4-2)26-18-24(26)20-27-19-23-16-11-15-21-14-9-10-17-25(21)23/h9-11,14-17,24H,3-8,12-13,18-20H2,1-2H3. The molecule has 0 aromatic heterocycles. The van der Waals surface area contributed by atoms with Gasteiger partial charge in [-0.25, -0.2) is 0 Å². The normalized spacial score (nSPS) is 16.1. The van der Waals surface area contributed by atoms with Crippen LogP contribution in [0.15, 0.2) is 53.6 Å². The van der Waals surface area contributed by atoms with E-state index >= 15 is 0 Å². The molecule has 1 atom stereocenters. The predicted molar refractivity (Wildman–Crippen MR) is 117 cm³/mol. The molecule has 0 bridgehead atoms. The third-order valence-electron chi connectivity index (χ3n) is 5.87. The first kappa shape index (κ1) is 20.1. The first-order valence-corrected chi connectivity index (χ1v) is 11.1. The minimum Gasteiger partial charge on any atom is -0.376 e. The zero-order chi connectivity index (χ0) is 18.9. The quantitative estimate of drug-likeness (QED) is 0.275. The summed E-state index contributed by atoms with van der Waals surface area (Å²) in [5, 5.41) is 2.63. The van der Waals surface area contributed by atoms with Crippen LogP contribution < -0.4 is 0 Å². The van der Waals surface area contributed by atoms with E-state index in [9.17, 15) is 0 Å². The van der Waals surface area contributed by atoms with Gasteiger partial charge in [0, 0.05) is 5.92 Å². The summed E-state index contributed by atoms with van der Waals surface area (Å²) in [5.41, 5.74) is 4.82. The van der Waals surface area contributed by atoms with Crippen molar-refractivity contribution in [2.24, 2.45) is 5.92 Å². The zero-order valence-corrected chi connectivity index (χ0v) is 17.3. The van der Waals surface area contributed by atoms with Gasteiger partial charge in [-0.05, 0) is 48.4 Å². The Hall–Kier alpha value is -1.60. The largest absolute Gasteiger partial charge is 0.376 e. The number of ether oxygens (including phenoxy) is 1. The lowest BCUT2D eigenvalue weighted by atomic mass is 10.00. The molecule has 2 aromatic rings. The molecule has 1 aliphatic carbocycles. The van der Waals surface area contributed by atoms with E-state index in [-0.39, 0.29) is 0 Å². The molecule has 1 unspecified atom stereocenters. The van der Waals surface area contributed by atoms with Gasteiger partial charge < -0.3 is 4.74 Å². The molecule has 1 aliphatic rings. The second-order valence-corrected chi connectivity index (χ2v) is 8.10. The van der Waals surface area contributed by atoms with Crippen LogP contribution in [0.1, 0.15) is 77.2 Å². The molecule has 0 N–H and O–H groups in total. The molecule has 2 aromatic carbocycles. The molecular formula is C26H36O. The maximum Gasteiger partial charge on any atom is 0.0723 e. The van der Waals surface area contributed by atoms with Crippen LogP contribution in [0.5, 0.6) is 0 Å². The molecule has 0 radical (unpaired) electrons. The first-order chi connectivity index (χ1) is 13.3. The summed E-state index contributed by atoms with van der Waals surface area (Å²) in [5.74, 6) is 0.693. The van der Waals surface area contributed by atoms with Gasteiger partial charge >= 0.3 is 0 Å². The van der Waals surface area contributed by atoms with Crippen molar-refractivity contribution in [3.63, 3.8) is 0 Å². The Morgan fingerprint density at radius 3 is 2.33 bits per heavy atom. The topological polar surface area (TPSA) is 9.23 Å². The van der Waals surface area contributed by atoms with Gasteiger partial charge in [-0.15, -0.1) is 0 Å². The second-order valence-electron chi connectivity index (χ2n) is 8.10. The maximum atomic E-state index is 6.15. The average molecular weight is 365 g/mol. The van der Waals surface area contributed by atoms with Gasteiger partial charge in [-0.2, -0.15) is 0 Å². The van der Waals surface area contributed by atoms with Gasteiger partial charge in [0.25, 0.3) is 0 Å². The summed E-state index contributed by atoms with van der Waals surface area (Å²) >= 11 is 0. The second kappa shape index (κ2) is 10.7. The van der Waals surface area contributed by atoms with Crippen molar-refractivity contribution in [2.45, 2.75) is 78.2 Å². The fourth-order valence-corrected chi connectivity index (χ4v) is 4.15. The lowest BCUT2D eigenvalue weighted by Gasteiger charge is -2.09. The Morgan fingerprint density at radius 2 is 1.59 bits per heavy atom. The fourth-order valence-electron chi connectivity index (χ4n) is 4.15. The van der Waals surface area contributed by atoms with E-state index in [1.54, 1.807) is 11.1 Å². The highest BCUT2D eigenvalue weighted by atomic mass is 16.5. The molecule has 0 aliphatic heterocycles. The predicted octanol–water partition coefficient (Wildman–Crippen LogP) is 7.83. The average Bonchev–Trinajstić information content (AvgIpc) is 3.46. The third kappa shape index (κ3) is 5.94. The molecule has 0 amide bonds. The zero-order valence-electron chi connectivity index (χ0n) is 17.3. The summed E-state index contributed by atoms with van der Waals surface area (Å²) in [6, 6.07) is 15.1. The molecular weight excluding hydrogens is 328 g/mol. The smallest absolute Gasteiger partial charge is 0.0723 e. The molecule has 146 valence electrons. The summed E-state index contributed by atoms with van der Waals surface area (Å²) in [6.45, 7) is 6.21. The molecule has 1 heteroatoms. The van der Waals surface area contributed by atoms with Crippen LogP contribution in [0.4, 0.5) is 0 Å². The molecule has 0 spiro atoms. The van der Waals surface area contributed by atoms with E-state index in [0.29, 0.717) is 5.92 Å². The maximum absolute atomic E-state index is 6.15. The van der Waals surface area contributed by atoms with E-state index in [1.165, 1.54) is 74.1 Å². The van der Waals surface area contributed by atoms with Gasteiger partial charge in [0.15, 0.2) is 0 Å². The van der Waals surface area contributed by atoms with Crippen LogP contribution in [0.25, 0.3) is 10.8 Å². The van der Waals surface area contributed by atoms with Crippen molar-refractivity contribution in [3.05, 3.63) is 59.2 Å². The van der Waals surface area contributed by atoms with Crippen molar-refractivity contribution >= 4 is 10.8 Å². The highest BCUT2D eigenvalue weighted by Gasteiger charge is 2.32. The van der Waals surface area contributed by atoms with Crippen molar-refractivity contribution < 1.29 is 4.74 Å². The van der Waals surface area contributed by atoms with Crippen LogP contribution >= 0.6 is 0 Å². The Labute approximate surface area is 165 Å². The summed E-state index contributed by atoms with van der Waals surface area (Å²) in [6.07, 6.45) is 12.0. The summed E-state index contributed by atoms with van der Waals surface area (Å²) < 4.78 is 6.15. The van der Waals surface area contributed by atoms with Crippen molar-refractivity contribution in [1.82, 2.24) is 0 Å². The minimum atomic E-state index is 0.693. The summed E-state index contributed by atoms with van der Waals surface area (Å²) in [4.78, 5) is 0. The molecule has 27 heavy (non-hydrogen) atoms. The van der Waals surface area contributed by atoms with Gasteiger partial charge in [0.1, 0.15) is 0 Å². The Kier molecular flexibility index (Phi) is 7.95. The Balaban J connectivity index is 1.52. The number of hydrogen-bond donors (Lipinski definition) is 0. The van der Waals surface area contributed by atoms with Crippen molar-refractivity contribution in [3.8, 4) is 0 Å². The van der Waals surface area contributed by atoms with Crippen LogP contribution in [0.3, 0.4) is 0 Å². The SMILES string of the molecule is CCCCCC(CCCCC)=C1CC1COCc1cccc2ccccc12. The van der Waals surface area contributed by atoms with Gasteiger partial charge in [-0.3, -0.25) is 0 Å². The van der Waals surface area contributed by atoms with Gasteiger partial charge in [0.05, 0.1) is 13.2 Å².